The first kappa shape index (κ1) is 11.6. The van der Waals surface area contributed by atoms with Crippen molar-refractivity contribution in [2.24, 2.45) is 0 Å². The number of imidazole rings is 1. The van der Waals surface area contributed by atoms with E-state index in [-0.39, 0.29) is 6.04 Å². The summed E-state index contributed by atoms with van der Waals surface area (Å²) in [5.41, 5.74) is 3.97. The Balaban J connectivity index is 1.85. The van der Waals surface area contributed by atoms with Gasteiger partial charge < -0.3 is 10.3 Å². The summed E-state index contributed by atoms with van der Waals surface area (Å²) in [5.74, 6) is 0.925. The lowest BCUT2D eigenvalue weighted by molar-refractivity contribution is 0.828. The summed E-state index contributed by atoms with van der Waals surface area (Å²) >= 11 is 0. The molecule has 1 atom stereocenters. The van der Waals surface area contributed by atoms with Crippen molar-refractivity contribution in [1.82, 2.24) is 19.9 Å². The Morgan fingerprint density at radius 2 is 2.16 bits per heavy atom. The van der Waals surface area contributed by atoms with Crippen LogP contribution in [-0.2, 0) is 0 Å². The zero-order chi connectivity index (χ0) is 13.2. The van der Waals surface area contributed by atoms with Crippen LogP contribution in [0, 0.1) is 6.92 Å². The Morgan fingerprint density at radius 1 is 1.26 bits per heavy atom. The highest BCUT2D eigenvalue weighted by Gasteiger charge is 2.07. The number of nitrogens with one attached hydrogen (secondary N) is 2. The second-order valence-corrected chi connectivity index (χ2v) is 4.55. The van der Waals surface area contributed by atoms with Crippen molar-refractivity contribution in [1.29, 1.82) is 0 Å². The number of aromatic nitrogens is 4. The molecule has 2 aromatic heterocycles. The second kappa shape index (κ2) is 4.68. The number of fused-ring (bicyclic) bond motifs is 1. The first-order valence-electron chi connectivity index (χ1n) is 6.21. The molecule has 3 rings (SSSR count). The molecule has 0 aliphatic carbocycles. The summed E-state index contributed by atoms with van der Waals surface area (Å²) in [4.78, 5) is 16.0. The average molecular weight is 253 g/mol. The van der Waals surface area contributed by atoms with Crippen molar-refractivity contribution in [2.45, 2.75) is 19.9 Å². The van der Waals surface area contributed by atoms with E-state index in [9.17, 15) is 0 Å². The molecule has 0 aliphatic rings. The van der Waals surface area contributed by atoms with Crippen LogP contribution in [0.5, 0.6) is 0 Å². The highest BCUT2D eigenvalue weighted by Crippen LogP contribution is 2.21. The number of rotatable bonds is 3. The van der Waals surface area contributed by atoms with Gasteiger partial charge in [-0.1, -0.05) is 0 Å². The lowest BCUT2D eigenvalue weighted by Crippen LogP contribution is -2.08. The number of anilines is 1. The van der Waals surface area contributed by atoms with E-state index < -0.39 is 0 Å². The van der Waals surface area contributed by atoms with Crippen LogP contribution >= 0.6 is 0 Å². The Labute approximate surface area is 111 Å². The number of nitrogens with zero attached hydrogens (tertiary/aromatic N) is 3. The molecule has 0 saturated heterocycles. The highest BCUT2D eigenvalue weighted by molar-refractivity contribution is 5.79. The summed E-state index contributed by atoms with van der Waals surface area (Å²) in [5, 5.41) is 3.41. The van der Waals surface area contributed by atoms with Gasteiger partial charge in [0.1, 0.15) is 5.82 Å². The Hall–Kier alpha value is -2.43. The van der Waals surface area contributed by atoms with E-state index in [0.29, 0.717) is 0 Å². The van der Waals surface area contributed by atoms with Gasteiger partial charge in [-0.3, -0.25) is 9.97 Å². The molecular weight excluding hydrogens is 238 g/mol. The van der Waals surface area contributed by atoms with Crippen LogP contribution in [0.4, 0.5) is 5.69 Å². The van der Waals surface area contributed by atoms with Crippen LogP contribution < -0.4 is 5.32 Å². The molecule has 0 aliphatic heterocycles. The van der Waals surface area contributed by atoms with Crippen molar-refractivity contribution in [3.05, 3.63) is 48.3 Å². The van der Waals surface area contributed by atoms with Crippen LogP contribution in [0.3, 0.4) is 0 Å². The topological polar surface area (TPSA) is 66.5 Å². The fraction of sp³-hybridized carbons (Fsp3) is 0.214. The van der Waals surface area contributed by atoms with Crippen LogP contribution in [0.25, 0.3) is 11.0 Å². The van der Waals surface area contributed by atoms with Gasteiger partial charge in [-0.25, -0.2) is 4.98 Å². The van der Waals surface area contributed by atoms with Crippen molar-refractivity contribution < 1.29 is 0 Å². The number of aryl methyl sites for hydroxylation is 1. The van der Waals surface area contributed by atoms with Gasteiger partial charge in [0.2, 0.25) is 0 Å². The maximum absolute atomic E-state index is 4.39. The minimum absolute atomic E-state index is 0.107. The lowest BCUT2D eigenvalue weighted by atomic mass is 10.2. The van der Waals surface area contributed by atoms with Crippen LogP contribution in [0.15, 0.2) is 36.8 Å². The SMILES string of the molecule is Cc1nc2ccc(NC(C)c3cnccn3)cc2[nH]1. The highest BCUT2D eigenvalue weighted by atomic mass is 15.0. The molecular formula is C14H15N5. The maximum Gasteiger partial charge on any atom is 0.104 e. The van der Waals surface area contributed by atoms with Crippen molar-refractivity contribution in [2.75, 3.05) is 5.32 Å². The van der Waals surface area contributed by atoms with Gasteiger partial charge in [0.15, 0.2) is 0 Å². The number of hydrogen-bond donors (Lipinski definition) is 2. The second-order valence-electron chi connectivity index (χ2n) is 4.55. The Bertz CT molecular complexity index is 689. The first-order chi connectivity index (χ1) is 9.22. The molecule has 0 spiro atoms. The molecule has 5 nitrogen and oxygen atoms in total. The fourth-order valence-electron chi connectivity index (χ4n) is 2.09. The molecule has 0 amide bonds. The Kier molecular flexibility index (Phi) is 2.87. The normalized spacial score (nSPS) is 12.5. The van der Waals surface area contributed by atoms with E-state index in [2.05, 4.69) is 38.2 Å². The largest absolute Gasteiger partial charge is 0.377 e. The maximum atomic E-state index is 4.39. The smallest absolute Gasteiger partial charge is 0.104 e. The number of benzene rings is 1. The van der Waals surface area contributed by atoms with Crippen molar-refractivity contribution in [3.8, 4) is 0 Å². The minimum Gasteiger partial charge on any atom is -0.377 e. The summed E-state index contributed by atoms with van der Waals surface area (Å²) in [7, 11) is 0. The summed E-state index contributed by atoms with van der Waals surface area (Å²) in [6.45, 7) is 4.02. The zero-order valence-corrected chi connectivity index (χ0v) is 10.9. The molecule has 19 heavy (non-hydrogen) atoms. The molecule has 0 saturated carbocycles. The van der Waals surface area contributed by atoms with Gasteiger partial charge in [0.25, 0.3) is 0 Å². The molecule has 0 bridgehead atoms. The quantitative estimate of drug-likeness (QED) is 0.753. The molecule has 3 aromatic rings. The van der Waals surface area contributed by atoms with Crippen LogP contribution in [0.1, 0.15) is 24.5 Å². The fourth-order valence-corrected chi connectivity index (χ4v) is 2.09. The molecule has 0 fully saturated rings. The van der Waals surface area contributed by atoms with Gasteiger partial charge in [-0.15, -0.1) is 0 Å². The van der Waals surface area contributed by atoms with E-state index in [1.807, 2.05) is 19.1 Å². The van der Waals surface area contributed by atoms with Crippen LogP contribution in [-0.4, -0.2) is 19.9 Å². The molecule has 0 radical (unpaired) electrons. The number of H-pyrrole nitrogens is 1. The van der Waals surface area contributed by atoms with Gasteiger partial charge >= 0.3 is 0 Å². The van der Waals surface area contributed by atoms with Gasteiger partial charge in [0.05, 0.1) is 29.0 Å². The summed E-state index contributed by atoms with van der Waals surface area (Å²) in [6, 6.07) is 6.19. The lowest BCUT2D eigenvalue weighted by Gasteiger charge is -2.14. The molecule has 1 aromatic carbocycles. The van der Waals surface area contributed by atoms with Gasteiger partial charge in [-0.2, -0.15) is 0 Å². The molecule has 2 N–H and O–H groups in total. The van der Waals surface area contributed by atoms with E-state index in [1.165, 1.54) is 0 Å². The zero-order valence-electron chi connectivity index (χ0n) is 10.9. The standard InChI is InChI=1S/C14H15N5/c1-9(14-8-15-5-6-16-14)17-11-3-4-12-13(7-11)19-10(2)18-12/h3-9,17H,1-2H3,(H,18,19). The van der Waals surface area contributed by atoms with Crippen molar-refractivity contribution >= 4 is 16.7 Å². The van der Waals surface area contributed by atoms with Gasteiger partial charge in [0, 0.05) is 18.1 Å². The third-order valence-corrected chi connectivity index (χ3v) is 3.01. The minimum atomic E-state index is 0.107. The first-order valence-corrected chi connectivity index (χ1v) is 6.21. The van der Waals surface area contributed by atoms with Crippen LogP contribution in [0.2, 0.25) is 0 Å². The Morgan fingerprint density at radius 3 is 2.95 bits per heavy atom. The number of aromatic amines is 1. The molecule has 1 unspecified atom stereocenters. The molecule has 2 heterocycles. The van der Waals surface area contributed by atoms with E-state index in [4.69, 9.17) is 0 Å². The van der Waals surface area contributed by atoms with E-state index in [1.54, 1.807) is 18.6 Å². The third-order valence-electron chi connectivity index (χ3n) is 3.01. The van der Waals surface area contributed by atoms with E-state index in [0.717, 1.165) is 28.2 Å². The van der Waals surface area contributed by atoms with E-state index >= 15 is 0 Å². The summed E-state index contributed by atoms with van der Waals surface area (Å²) in [6.07, 6.45) is 5.15. The number of hydrogen-bond acceptors (Lipinski definition) is 4. The molecule has 96 valence electrons. The predicted octanol–water partition coefficient (Wildman–Crippen LogP) is 2.83. The predicted molar refractivity (Wildman–Crippen MR) is 74.9 cm³/mol. The monoisotopic (exact) mass is 253 g/mol. The molecule has 5 heteroatoms. The average Bonchev–Trinajstić information content (AvgIpc) is 2.79. The van der Waals surface area contributed by atoms with Gasteiger partial charge in [-0.05, 0) is 32.0 Å². The van der Waals surface area contributed by atoms with Crippen molar-refractivity contribution in [3.63, 3.8) is 0 Å². The summed E-state index contributed by atoms with van der Waals surface area (Å²) < 4.78 is 0. The third kappa shape index (κ3) is 2.40.